The Morgan fingerprint density at radius 3 is 2.82 bits per heavy atom. The van der Waals surface area contributed by atoms with E-state index >= 15 is 0 Å². The summed E-state index contributed by atoms with van der Waals surface area (Å²) in [5.41, 5.74) is 1.97. The van der Waals surface area contributed by atoms with E-state index in [-0.39, 0.29) is 6.04 Å². The van der Waals surface area contributed by atoms with Crippen LogP contribution in [0.3, 0.4) is 0 Å². The summed E-state index contributed by atoms with van der Waals surface area (Å²) in [6.07, 6.45) is 0. The van der Waals surface area contributed by atoms with E-state index in [0.717, 1.165) is 28.0 Å². The Kier molecular flexibility index (Phi) is 3.85. The second kappa shape index (κ2) is 5.81. The zero-order valence-corrected chi connectivity index (χ0v) is 13.1. The average molecular weight is 301 g/mol. The highest BCUT2D eigenvalue weighted by Gasteiger charge is 2.17. The molecule has 116 valence electrons. The van der Waals surface area contributed by atoms with Gasteiger partial charge in [0.1, 0.15) is 17.1 Å². The van der Waals surface area contributed by atoms with Crippen molar-refractivity contribution in [3.8, 4) is 5.75 Å². The van der Waals surface area contributed by atoms with Crippen LogP contribution in [0.15, 0.2) is 27.1 Å². The normalized spacial score (nSPS) is 12.7. The van der Waals surface area contributed by atoms with Crippen molar-refractivity contribution in [1.82, 2.24) is 15.5 Å². The number of nitrogens with zero attached hydrogens (tertiary/aromatic N) is 2. The van der Waals surface area contributed by atoms with E-state index in [1.807, 2.05) is 18.2 Å². The number of rotatable bonds is 5. The van der Waals surface area contributed by atoms with Gasteiger partial charge in [-0.1, -0.05) is 5.16 Å². The molecule has 6 nitrogen and oxygen atoms in total. The summed E-state index contributed by atoms with van der Waals surface area (Å²) in [6, 6.07) is 5.86. The Morgan fingerprint density at radius 2 is 2.14 bits per heavy atom. The fourth-order valence-corrected chi connectivity index (χ4v) is 2.51. The number of aromatic nitrogens is 2. The van der Waals surface area contributed by atoms with E-state index < -0.39 is 0 Å². The highest BCUT2D eigenvalue weighted by molar-refractivity contribution is 5.83. The zero-order valence-electron chi connectivity index (χ0n) is 13.1. The summed E-state index contributed by atoms with van der Waals surface area (Å²) < 4.78 is 16.2. The fraction of sp³-hybridized carbons (Fsp3) is 0.375. The van der Waals surface area contributed by atoms with E-state index in [4.69, 9.17) is 13.7 Å². The number of hydrogen-bond donors (Lipinski definition) is 1. The van der Waals surface area contributed by atoms with Crippen LogP contribution in [-0.4, -0.2) is 17.3 Å². The topological polar surface area (TPSA) is 73.3 Å². The second-order valence-electron chi connectivity index (χ2n) is 5.29. The van der Waals surface area contributed by atoms with Gasteiger partial charge in [0.05, 0.1) is 19.7 Å². The minimum Gasteiger partial charge on any atom is -0.497 e. The molecule has 0 bridgehead atoms. The number of methoxy groups -OCH3 is 1. The van der Waals surface area contributed by atoms with Crippen LogP contribution < -0.4 is 10.1 Å². The van der Waals surface area contributed by atoms with Gasteiger partial charge in [0, 0.05) is 17.9 Å². The van der Waals surface area contributed by atoms with Crippen LogP contribution >= 0.6 is 0 Å². The summed E-state index contributed by atoms with van der Waals surface area (Å²) in [6.45, 7) is 6.40. The van der Waals surface area contributed by atoms with Crippen molar-refractivity contribution in [3.63, 3.8) is 0 Å². The second-order valence-corrected chi connectivity index (χ2v) is 5.29. The van der Waals surface area contributed by atoms with E-state index in [0.29, 0.717) is 18.3 Å². The standard InChI is InChI=1S/C16H19N3O3/c1-9-13-7-12(20-4)5-6-14(13)21-16(9)10(2)17-8-15-18-11(3)22-19-15/h5-7,10,17H,8H2,1-4H3/t10-/m0/s1. The van der Waals surface area contributed by atoms with Crippen molar-refractivity contribution in [2.75, 3.05) is 7.11 Å². The van der Waals surface area contributed by atoms with E-state index in [1.165, 1.54) is 0 Å². The molecule has 6 heteroatoms. The molecule has 2 aromatic heterocycles. The van der Waals surface area contributed by atoms with Gasteiger partial charge >= 0.3 is 0 Å². The predicted molar refractivity (Wildman–Crippen MR) is 81.8 cm³/mol. The highest BCUT2D eigenvalue weighted by Crippen LogP contribution is 2.31. The van der Waals surface area contributed by atoms with Crippen LogP contribution in [0.2, 0.25) is 0 Å². The quantitative estimate of drug-likeness (QED) is 0.779. The van der Waals surface area contributed by atoms with Gasteiger partial charge in [-0.3, -0.25) is 0 Å². The maximum Gasteiger partial charge on any atom is 0.223 e. The molecule has 0 spiro atoms. The molecule has 0 fully saturated rings. The Hall–Kier alpha value is -2.34. The monoisotopic (exact) mass is 301 g/mol. The van der Waals surface area contributed by atoms with Crippen molar-refractivity contribution in [3.05, 3.63) is 41.2 Å². The predicted octanol–water partition coefficient (Wildman–Crippen LogP) is 3.29. The third-order valence-corrected chi connectivity index (χ3v) is 3.71. The molecule has 0 unspecified atom stereocenters. The molecule has 2 heterocycles. The molecule has 0 saturated carbocycles. The lowest BCUT2D eigenvalue weighted by molar-refractivity contribution is 0.381. The summed E-state index contributed by atoms with van der Waals surface area (Å²) in [7, 11) is 1.66. The van der Waals surface area contributed by atoms with Gasteiger partial charge in [0.25, 0.3) is 0 Å². The minimum absolute atomic E-state index is 0.0391. The van der Waals surface area contributed by atoms with Crippen LogP contribution in [0.1, 0.15) is 36.0 Å². The molecule has 0 aliphatic rings. The number of fused-ring (bicyclic) bond motifs is 1. The third-order valence-electron chi connectivity index (χ3n) is 3.71. The lowest BCUT2D eigenvalue weighted by Crippen LogP contribution is -2.19. The first kappa shape index (κ1) is 14.6. The molecule has 1 aromatic carbocycles. The first-order valence-corrected chi connectivity index (χ1v) is 7.18. The van der Waals surface area contributed by atoms with Crippen LogP contribution in [0, 0.1) is 13.8 Å². The third kappa shape index (κ3) is 2.69. The Balaban J connectivity index is 1.81. The molecule has 3 rings (SSSR count). The largest absolute Gasteiger partial charge is 0.497 e. The summed E-state index contributed by atoms with van der Waals surface area (Å²) in [5, 5.41) is 8.29. The lowest BCUT2D eigenvalue weighted by atomic mass is 10.1. The maximum absolute atomic E-state index is 5.97. The van der Waals surface area contributed by atoms with Crippen molar-refractivity contribution in [1.29, 1.82) is 0 Å². The van der Waals surface area contributed by atoms with Gasteiger partial charge in [-0.2, -0.15) is 4.98 Å². The molecule has 22 heavy (non-hydrogen) atoms. The number of hydrogen-bond acceptors (Lipinski definition) is 6. The number of benzene rings is 1. The van der Waals surface area contributed by atoms with Gasteiger partial charge in [0.15, 0.2) is 5.82 Å². The number of ether oxygens (including phenoxy) is 1. The van der Waals surface area contributed by atoms with Gasteiger partial charge in [-0.25, -0.2) is 0 Å². The molecule has 1 atom stereocenters. The van der Waals surface area contributed by atoms with Gasteiger partial charge < -0.3 is 19.0 Å². The van der Waals surface area contributed by atoms with Crippen LogP contribution in [0.5, 0.6) is 5.75 Å². The van der Waals surface area contributed by atoms with Crippen LogP contribution in [0.25, 0.3) is 11.0 Å². The van der Waals surface area contributed by atoms with Crippen molar-refractivity contribution in [2.45, 2.75) is 33.4 Å². The fourth-order valence-electron chi connectivity index (χ4n) is 2.51. The van der Waals surface area contributed by atoms with Crippen LogP contribution in [-0.2, 0) is 6.54 Å². The SMILES string of the molecule is COc1ccc2oc([C@H](C)NCc3noc(C)n3)c(C)c2c1. The smallest absolute Gasteiger partial charge is 0.223 e. The molecule has 0 aliphatic carbocycles. The molecular weight excluding hydrogens is 282 g/mol. The number of aryl methyl sites for hydroxylation is 2. The first-order valence-electron chi connectivity index (χ1n) is 7.18. The van der Waals surface area contributed by atoms with Gasteiger partial charge in [0.2, 0.25) is 5.89 Å². The van der Waals surface area contributed by atoms with Crippen molar-refractivity contribution < 1.29 is 13.7 Å². The van der Waals surface area contributed by atoms with E-state index in [1.54, 1.807) is 14.0 Å². The van der Waals surface area contributed by atoms with E-state index in [9.17, 15) is 0 Å². The minimum atomic E-state index is 0.0391. The Labute approximate surface area is 128 Å². The highest BCUT2D eigenvalue weighted by atomic mass is 16.5. The molecule has 3 aromatic rings. The number of nitrogens with one attached hydrogen (secondary N) is 1. The molecule has 0 aliphatic heterocycles. The number of furan rings is 1. The molecular formula is C16H19N3O3. The first-order chi connectivity index (χ1) is 10.6. The van der Waals surface area contributed by atoms with Crippen molar-refractivity contribution in [2.24, 2.45) is 0 Å². The molecule has 0 radical (unpaired) electrons. The van der Waals surface area contributed by atoms with Crippen molar-refractivity contribution >= 4 is 11.0 Å². The van der Waals surface area contributed by atoms with Crippen LogP contribution in [0.4, 0.5) is 0 Å². The zero-order chi connectivity index (χ0) is 15.7. The summed E-state index contributed by atoms with van der Waals surface area (Å²) >= 11 is 0. The van der Waals surface area contributed by atoms with Gasteiger partial charge in [-0.15, -0.1) is 0 Å². The summed E-state index contributed by atoms with van der Waals surface area (Å²) in [5.74, 6) is 2.94. The van der Waals surface area contributed by atoms with Gasteiger partial charge in [-0.05, 0) is 32.0 Å². The molecule has 0 amide bonds. The Morgan fingerprint density at radius 1 is 1.32 bits per heavy atom. The maximum atomic E-state index is 5.97. The molecule has 0 saturated heterocycles. The summed E-state index contributed by atoms with van der Waals surface area (Å²) in [4.78, 5) is 4.18. The van der Waals surface area contributed by atoms with E-state index in [2.05, 4.69) is 29.3 Å². The lowest BCUT2D eigenvalue weighted by Gasteiger charge is -2.10. The Bertz CT molecular complexity index is 791. The average Bonchev–Trinajstić information content (AvgIpc) is 3.08. The molecule has 1 N–H and O–H groups in total.